The van der Waals surface area contributed by atoms with Crippen LogP contribution in [0.25, 0.3) is 0 Å². The molecule has 1 heterocycles. The molecule has 1 rings (SSSR count). The van der Waals surface area contributed by atoms with E-state index in [1.54, 1.807) is 7.11 Å². The highest BCUT2D eigenvalue weighted by molar-refractivity contribution is 7.92. The predicted octanol–water partition coefficient (Wildman–Crippen LogP) is 1.51. The number of rotatable bonds is 7. The molecule has 1 N–H and O–H groups in total. The molecule has 1 aromatic heterocycles. The lowest BCUT2D eigenvalue weighted by Crippen LogP contribution is -2.04. The van der Waals surface area contributed by atoms with Crippen molar-refractivity contribution in [1.82, 2.24) is 0 Å². The Balaban J connectivity index is 2.88. The topological polar surface area (TPSA) is 98.5 Å². The van der Waals surface area contributed by atoms with Gasteiger partial charge in [0.1, 0.15) is 4.21 Å². The third kappa shape index (κ3) is 3.93. The standard InChI is InChI=1S/C9H14N2O5S2/c1-16-5-3-4-10-9-7(11(12)13)6-8(17-9)18(2,14)15/h6,10H,3-5H2,1-2H3. The number of nitro groups is 1. The molecular weight excluding hydrogens is 280 g/mol. The van der Waals surface area contributed by atoms with E-state index >= 15 is 0 Å². The van der Waals surface area contributed by atoms with Crippen molar-refractivity contribution in [2.75, 3.05) is 31.8 Å². The molecule has 18 heavy (non-hydrogen) atoms. The molecule has 7 nitrogen and oxygen atoms in total. The minimum atomic E-state index is -3.42. The summed E-state index contributed by atoms with van der Waals surface area (Å²) < 4.78 is 27.5. The lowest BCUT2D eigenvalue weighted by atomic mass is 10.4. The van der Waals surface area contributed by atoms with Gasteiger partial charge in [-0.05, 0) is 6.42 Å². The summed E-state index contributed by atoms with van der Waals surface area (Å²) in [6.07, 6.45) is 1.71. The molecule has 9 heteroatoms. The molecule has 0 radical (unpaired) electrons. The van der Waals surface area contributed by atoms with Gasteiger partial charge in [0.05, 0.1) is 4.92 Å². The normalized spacial score (nSPS) is 11.4. The Hall–Kier alpha value is -1.19. The number of thiophene rings is 1. The third-order valence-electron chi connectivity index (χ3n) is 2.06. The fourth-order valence-electron chi connectivity index (χ4n) is 1.22. The number of ether oxygens (including phenoxy) is 1. The molecule has 102 valence electrons. The van der Waals surface area contributed by atoms with Crippen LogP contribution in [0.1, 0.15) is 6.42 Å². The molecule has 0 aliphatic carbocycles. The van der Waals surface area contributed by atoms with Crippen LogP contribution < -0.4 is 5.32 Å². The van der Waals surface area contributed by atoms with Crippen molar-refractivity contribution in [3.05, 3.63) is 16.2 Å². The van der Waals surface area contributed by atoms with Gasteiger partial charge in [0.2, 0.25) is 0 Å². The van der Waals surface area contributed by atoms with Crippen molar-refractivity contribution < 1.29 is 18.1 Å². The zero-order chi connectivity index (χ0) is 13.8. The quantitative estimate of drug-likeness (QED) is 0.465. The summed E-state index contributed by atoms with van der Waals surface area (Å²) in [4.78, 5) is 10.2. The van der Waals surface area contributed by atoms with Crippen molar-refractivity contribution >= 4 is 31.9 Å². The van der Waals surface area contributed by atoms with E-state index in [0.717, 1.165) is 23.7 Å². The lowest BCUT2D eigenvalue weighted by Gasteiger charge is -2.02. The Morgan fingerprint density at radius 3 is 2.72 bits per heavy atom. The molecule has 1 aromatic rings. The van der Waals surface area contributed by atoms with Crippen LogP contribution in [0.4, 0.5) is 10.7 Å². The third-order valence-corrected chi connectivity index (χ3v) is 4.95. The second-order valence-electron chi connectivity index (χ2n) is 3.58. The summed E-state index contributed by atoms with van der Waals surface area (Å²) in [6, 6.07) is 1.08. The number of hydrogen-bond acceptors (Lipinski definition) is 7. The fraction of sp³-hybridized carbons (Fsp3) is 0.556. The minimum absolute atomic E-state index is 0.0107. The van der Waals surface area contributed by atoms with Crippen LogP contribution in [0, 0.1) is 10.1 Å². The van der Waals surface area contributed by atoms with Crippen LogP contribution in [0.5, 0.6) is 0 Å². The Morgan fingerprint density at radius 2 is 2.22 bits per heavy atom. The van der Waals surface area contributed by atoms with E-state index in [9.17, 15) is 18.5 Å². The number of methoxy groups -OCH3 is 1. The molecule has 0 amide bonds. The molecular formula is C9H14N2O5S2. The largest absolute Gasteiger partial charge is 0.385 e. The van der Waals surface area contributed by atoms with Gasteiger partial charge in [-0.25, -0.2) is 8.42 Å². The number of nitrogens with one attached hydrogen (secondary N) is 1. The Labute approximate surface area is 109 Å². The van der Waals surface area contributed by atoms with Gasteiger partial charge in [-0.2, -0.15) is 0 Å². The van der Waals surface area contributed by atoms with E-state index in [-0.39, 0.29) is 14.9 Å². The van der Waals surface area contributed by atoms with E-state index in [1.807, 2.05) is 0 Å². The summed E-state index contributed by atoms with van der Waals surface area (Å²) in [6.45, 7) is 1.02. The Kier molecular flexibility index (Phi) is 5.05. The van der Waals surface area contributed by atoms with Crippen molar-refractivity contribution in [1.29, 1.82) is 0 Å². The number of anilines is 1. The number of hydrogen-bond donors (Lipinski definition) is 1. The molecule has 0 atom stereocenters. The maximum absolute atomic E-state index is 11.3. The predicted molar refractivity (Wildman–Crippen MR) is 69.1 cm³/mol. The fourth-order valence-corrected chi connectivity index (χ4v) is 3.19. The zero-order valence-corrected chi connectivity index (χ0v) is 11.6. The van der Waals surface area contributed by atoms with Gasteiger partial charge in [0.15, 0.2) is 14.8 Å². The minimum Gasteiger partial charge on any atom is -0.385 e. The van der Waals surface area contributed by atoms with Crippen LogP contribution in [0.2, 0.25) is 0 Å². The zero-order valence-electron chi connectivity index (χ0n) is 10.0. The van der Waals surface area contributed by atoms with E-state index in [2.05, 4.69) is 5.32 Å². The van der Waals surface area contributed by atoms with Gasteiger partial charge < -0.3 is 10.1 Å². The first-order valence-corrected chi connectivity index (χ1v) is 7.78. The van der Waals surface area contributed by atoms with Gasteiger partial charge in [0, 0.05) is 32.6 Å². The Morgan fingerprint density at radius 1 is 1.56 bits per heavy atom. The lowest BCUT2D eigenvalue weighted by molar-refractivity contribution is -0.383. The summed E-state index contributed by atoms with van der Waals surface area (Å²) in [7, 11) is -1.86. The molecule has 0 bridgehead atoms. The second kappa shape index (κ2) is 6.12. The smallest absolute Gasteiger partial charge is 0.304 e. The monoisotopic (exact) mass is 294 g/mol. The number of sulfone groups is 1. The molecule has 0 fully saturated rings. The van der Waals surface area contributed by atoms with E-state index in [0.29, 0.717) is 19.6 Å². The van der Waals surface area contributed by atoms with Gasteiger partial charge >= 0.3 is 5.69 Å². The summed E-state index contributed by atoms with van der Waals surface area (Å²) in [5.41, 5.74) is -0.210. The highest BCUT2D eigenvalue weighted by atomic mass is 32.2. The molecule has 0 saturated heterocycles. The average molecular weight is 294 g/mol. The summed E-state index contributed by atoms with van der Waals surface area (Å²) in [5, 5.41) is 13.9. The average Bonchev–Trinajstić information content (AvgIpc) is 2.68. The first kappa shape index (κ1) is 14.9. The SMILES string of the molecule is COCCCNc1sc(S(C)(=O)=O)cc1[N+](=O)[O-]. The molecule has 0 aromatic carbocycles. The highest BCUT2D eigenvalue weighted by Crippen LogP contribution is 2.36. The van der Waals surface area contributed by atoms with Gasteiger partial charge in [-0.1, -0.05) is 11.3 Å². The number of nitrogens with zero attached hydrogens (tertiary/aromatic N) is 1. The molecule has 0 spiro atoms. The van der Waals surface area contributed by atoms with E-state index in [1.165, 1.54) is 0 Å². The van der Waals surface area contributed by atoms with Crippen LogP contribution in [-0.4, -0.2) is 39.9 Å². The highest BCUT2D eigenvalue weighted by Gasteiger charge is 2.23. The summed E-state index contributed by atoms with van der Waals surface area (Å²) >= 11 is 0.871. The first-order chi connectivity index (χ1) is 8.36. The van der Waals surface area contributed by atoms with Gasteiger partial charge in [0.25, 0.3) is 0 Å². The Bertz CT molecular complexity index is 523. The van der Waals surface area contributed by atoms with Crippen molar-refractivity contribution in [2.24, 2.45) is 0 Å². The van der Waals surface area contributed by atoms with Crippen molar-refractivity contribution in [2.45, 2.75) is 10.6 Å². The maximum atomic E-state index is 11.3. The van der Waals surface area contributed by atoms with Gasteiger partial charge in [-0.15, -0.1) is 0 Å². The molecule has 0 aliphatic heterocycles. The van der Waals surface area contributed by atoms with Crippen LogP contribution >= 0.6 is 11.3 Å². The second-order valence-corrected chi connectivity index (χ2v) is 6.88. The summed E-state index contributed by atoms with van der Waals surface area (Å²) in [5.74, 6) is 0. The van der Waals surface area contributed by atoms with Crippen LogP contribution in [-0.2, 0) is 14.6 Å². The van der Waals surface area contributed by atoms with Crippen LogP contribution in [0.15, 0.2) is 10.3 Å². The maximum Gasteiger partial charge on any atom is 0.304 e. The van der Waals surface area contributed by atoms with Crippen LogP contribution in [0.3, 0.4) is 0 Å². The van der Waals surface area contributed by atoms with Gasteiger partial charge in [-0.3, -0.25) is 10.1 Å². The molecule has 0 aliphatic rings. The van der Waals surface area contributed by atoms with Crippen molar-refractivity contribution in [3.63, 3.8) is 0 Å². The molecule has 0 unspecified atom stereocenters. The molecule has 0 saturated carbocycles. The first-order valence-electron chi connectivity index (χ1n) is 5.07. The van der Waals surface area contributed by atoms with E-state index in [4.69, 9.17) is 4.74 Å². The van der Waals surface area contributed by atoms with Crippen molar-refractivity contribution in [3.8, 4) is 0 Å². The van der Waals surface area contributed by atoms with E-state index < -0.39 is 14.8 Å².